The first-order valence-electron chi connectivity index (χ1n) is 8.45. The molecule has 1 N–H and O–H groups in total. The maximum atomic E-state index is 12.8. The number of nitrogens with one attached hydrogen (secondary N) is 1. The van der Waals surface area contributed by atoms with Crippen LogP contribution in [0.25, 0.3) is 0 Å². The minimum Gasteiger partial charge on any atom is -0.385 e. The van der Waals surface area contributed by atoms with E-state index in [0.717, 1.165) is 34.1 Å². The minimum absolute atomic E-state index is 0.0771. The summed E-state index contributed by atoms with van der Waals surface area (Å²) in [5.41, 5.74) is 2.99. The van der Waals surface area contributed by atoms with Crippen molar-refractivity contribution in [3.63, 3.8) is 0 Å². The molecule has 134 valence electrons. The first kappa shape index (κ1) is 19.5. The van der Waals surface area contributed by atoms with Gasteiger partial charge in [-0.15, -0.1) is 0 Å². The van der Waals surface area contributed by atoms with Gasteiger partial charge in [0.05, 0.1) is 0 Å². The third kappa shape index (κ3) is 6.52. The van der Waals surface area contributed by atoms with E-state index in [2.05, 4.69) is 21.2 Å². The van der Waals surface area contributed by atoms with Crippen LogP contribution in [0.2, 0.25) is 0 Å². The van der Waals surface area contributed by atoms with Gasteiger partial charge in [-0.05, 0) is 49.1 Å². The number of methoxy groups -OCH3 is 1. The normalized spacial score (nSPS) is 10.5. The van der Waals surface area contributed by atoms with Crippen molar-refractivity contribution in [1.82, 2.24) is 4.90 Å². The van der Waals surface area contributed by atoms with Gasteiger partial charge >= 0.3 is 6.03 Å². The molecule has 0 saturated carbocycles. The van der Waals surface area contributed by atoms with E-state index in [9.17, 15) is 4.79 Å². The topological polar surface area (TPSA) is 41.6 Å². The average Bonchev–Trinajstić information content (AvgIpc) is 2.61. The molecule has 0 radical (unpaired) electrons. The van der Waals surface area contributed by atoms with E-state index in [-0.39, 0.29) is 6.03 Å². The molecule has 0 aliphatic heterocycles. The molecule has 2 aromatic rings. The van der Waals surface area contributed by atoms with Crippen LogP contribution in [0, 0.1) is 6.92 Å². The molecule has 5 heteroatoms. The van der Waals surface area contributed by atoms with E-state index in [0.29, 0.717) is 19.7 Å². The molecule has 0 aliphatic rings. The monoisotopic (exact) mass is 404 g/mol. The molecule has 0 aromatic heterocycles. The van der Waals surface area contributed by atoms with Gasteiger partial charge in [0.25, 0.3) is 0 Å². The molecule has 4 nitrogen and oxygen atoms in total. The summed E-state index contributed by atoms with van der Waals surface area (Å²) in [5, 5.41) is 3.03. The maximum Gasteiger partial charge on any atom is 0.322 e. The Morgan fingerprint density at radius 3 is 2.60 bits per heavy atom. The molecular weight excluding hydrogens is 380 g/mol. The molecule has 2 rings (SSSR count). The molecule has 0 saturated heterocycles. The molecule has 0 heterocycles. The Balaban J connectivity index is 2.05. The van der Waals surface area contributed by atoms with Crippen molar-refractivity contribution in [3.05, 3.63) is 64.1 Å². The Morgan fingerprint density at radius 2 is 1.92 bits per heavy atom. The quantitative estimate of drug-likeness (QED) is 0.612. The zero-order chi connectivity index (χ0) is 18.1. The molecular formula is C20H25BrN2O2. The van der Waals surface area contributed by atoms with Crippen LogP contribution in [0.15, 0.2) is 53.0 Å². The number of unbranched alkanes of at least 4 members (excludes halogenated alkanes) is 1. The van der Waals surface area contributed by atoms with Crippen LogP contribution in [-0.4, -0.2) is 31.2 Å². The third-order valence-corrected chi connectivity index (χ3v) is 4.45. The second kappa shape index (κ2) is 10.2. The number of urea groups is 1. The van der Waals surface area contributed by atoms with Gasteiger partial charge in [0.2, 0.25) is 0 Å². The van der Waals surface area contributed by atoms with Crippen LogP contribution >= 0.6 is 15.9 Å². The number of carbonyl (C=O) groups excluding carboxylic acids is 1. The Bertz CT molecular complexity index is 677. The molecule has 0 bridgehead atoms. The second-order valence-corrected chi connectivity index (χ2v) is 6.91. The van der Waals surface area contributed by atoms with Gasteiger partial charge in [-0.3, -0.25) is 0 Å². The van der Waals surface area contributed by atoms with E-state index in [4.69, 9.17) is 4.74 Å². The van der Waals surface area contributed by atoms with E-state index < -0.39 is 0 Å². The van der Waals surface area contributed by atoms with Gasteiger partial charge in [-0.1, -0.05) is 46.3 Å². The Kier molecular flexibility index (Phi) is 7.95. The number of aryl methyl sites for hydroxylation is 1. The molecule has 25 heavy (non-hydrogen) atoms. The zero-order valence-corrected chi connectivity index (χ0v) is 16.4. The van der Waals surface area contributed by atoms with Crippen molar-refractivity contribution in [3.8, 4) is 0 Å². The average molecular weight is 405 g/mol. The van der Waals surface area contributed by atoms with Crippen molar-refractivity contribution in [1.29, 1.82) is 0 Å². The van der Waals surface area contributed by atoms with E-state index in [1.54, 1.807) is 7.11 Å². The highest BCUT2D eigenvalue weighted by molar-refractivity contribution is 9.10. The Hall–Kier alpha value is -1.85. The number of anilines is 1. The lowest BCUT2D eigenvalue weighted by Crippen LogP contribution is -2.35. The van der Waals surface area contributed by atoms with Crippen LogP contribution < -0.4 is 5.32 Å². The first-order chi connectivity index (χ1) is 12.1. The number of hydrogen-bond acceptors (Lipinski definition) is 2. The third-order valence-electron chi connectivity index (χ3n) is 3.96. The van der Waals surface area contributed by atoms with E-state index >= 15 is 0 Å². The van der Waals surface area contributed by atoms with Crippen molar-refractivity contribution in [2.75, 3.05) is 25.6 Å². The Morgan fingerprint density at radius 1 is 1.16 bits per heavy atom. The predicted molar refractivity (Wildman–Crippen MR) is 106 cm³/mol. The molecule has 0 spiro atoms. The lowest BCUT2D eigenvalue weighted by Gasteiger charge is -2.24. The van der Waals surface area contributed by atoms with Crippen molar-refractivity contribution in [2.45, 2.75) is 26.3 Å². The van der Waals surface area contributed by atoms with E-state index in [1.807, 2.05) is 60.4 Å². The summed E-state index contributed by atoms with van der Waals surface area (Å²) >= 11 is 3.45. The smallest absolute Gasteiger partial charge is 0.322 e. The highest BCUT2D eigenvalue weighted by Gasteiger charge is 2.15. The van der Waals surface area contributed by atoms with Crippen LogP contribution in [0.3, 0.4) is 0 Å². The zero-order valence-electron chi connectivity index (χ0n) is 14.8. The molecule has 0 atom stereocenters. The highest BCUT2D eigenvalue weighted by Crippen LogP contribution is 2.20. The number of carbonyl (C=O) groups is 1. The first-order valence-corrected chi connectivity index (χ1v) is 9.24. The lowest BCUT2D eigenvalue weighted by atomic mass is 10.2. The summed E-state index contributed by atoms with van der Waals surface area (Å²) in [6.07, 6.45) is 1.85. The fourth-order valence-electron chi connectivity index (χ4n) is 2.57. The minimum atomic E-state index is -0.0771. The largest absolute Gasteiger partial charge is 0.385 e. The molecule has 0 aliphatic carbocycles. The molecule has 0 unspecified atom stereocenters. The summed E-state index contributed by atoms with van der Waals surface area (Å²) in [6, 6.07) is 15.8. The van der Waals surface area contributed by atoms with Gasteiger partial charge in [-0.25, -0.2) is 4.79 Å². The van der Waals surface area contributed by atoms with Gasteiger partial charge in [0, 0.05) is 37.0 Å². The number of rotatable bonds is 8. The predicted octanol–water partition coefficient (Wildman–Crippen LogP) is 5.22. The van der Waals surface area contributed by atoms with Gasteiger partial charge in [0.1, 0.15) is 0 Å². The molecule has 2 aromatic carbocycles. The van der Waals surface area contributed by atoms with Crippen LogP contribution in [0.4, 0.5) is 10.5 Å². The summed E-state index contributed by atoms with van der Waals surface area (Å²) in [5.74, 6) is 0. The van der Waals surface area contributed by atoms with Crippen molar-refractivity contribution >= 4 is 27.6 Å². The number of ether oxygens (including phenoxy) is 1. The fourth-order valence-corrected chi connectivity index (χ4v) is 3.04. The summed E-state index contributed by atoms with van der Waals surface area (Å²) in [4.78, 5) is 14.6. The summed E-state index contributed by atoms with van der Waals surface area (Å²) < 4.78 is 6.10. The number of hydrogen-bond donors (Lipinski definition) is 1. The molecule has 0 fully saturated rings. The van der Waals surface area contributed by atoms with Crippen molar-refractivity contribution < 1.29 is 9.53 Å². The second-order valence-electron chi connectivity index (χ2n) is 6.00. The summed E-state index contributed by atoms with van der Waals surface area (Å²) in [6.45, 7) is 3.99. The van der Waals surface area contributed by atoms with Gasteiger partial charge < -0.3 is 15.0 Å². The van der Waals surface area contributed by atoms with Gasteiger partial charge in [-0.2, -0.15) is 0 Å². The number of amides is 2. The fraction of sp³-hybridized carbons (Fsp3) is 0.350. The van der Waals surface area contributed by atoms with Crippen LogP contribution in [0.1, 0.15) is 24.0 Å². The van der Waals surface area contributed by atoms with Crippen molar-refractivity contribution in [2.24, 2.45) is 0 Å². The van der Waals surface area contributed by atoms with Gasteiger partial charge in [0.15, 0.2) is 0 Å². The number of nitrogens with zero attached hydrogens (tertiary/aromatic N) is 1. The summed E-state index contributed by atoms with van der Waals surface area (Å²) in [7, 11) is 1.70. The SMILES string of the molecule is COCCCCN(Cc1ccccc1)C(=O)Nc1ccc(Br)cc1C. The molecule has 2 amide bonds. The number of benzene rings is 2. The van der Waals surface area contributed by atoms with Crippen LogP contribution in [-0.2, 0) is 11.3 Å². The highest BCUT2D eigenvalue weighted by atomic mass is 79.9. The Labute approximate surface area is 158 Å². The van der Waals surface area contributed by atoms with E-state index in [1.165, 1.54) is 0 Å². The van der Waals surface area contributed by atoms with Crippen LogP contribution in [0.5, 0.6) is 0 Å². The number of halogens is 1. The lowest BCUT2D eigenvalue weighted by molar-refractivity contribution is 0.182. The maximum absolute atomic E-state index is 12.8. The standard InChI is InChI=1S/C20H25BrN2O2/c1-16-14-18(21)10-11-19(16)22-20(24)23(12-6-7-13-25-2)15-17-8-4-3-5-9-17/h3-5,8-11,14H,6-7,12-13,15H2,1-2H3,(H,22,24).